The molecule has 3 aromatic rings. The summed E-state index contributed by atoms with van der Waals surface area (Å²) in [6.45, 7) is 8.05. The van der Waals surface area contributed by atoms with Gasteiger partial charge in [-0.05, 0) is 55.4 Å². The Bertz CT molecular complexity index is 1510. The van der Waals surface area contributed by atoms with Gasteiger partial charge >= 0.3 is 0 Å². The van der Waals surface area contributed by atoms with E-state index >= 15 is 0 Å². The molecule has 0 spiro atoms. The van der Waals surface area contributed by atoms with Crippen molar-refractivity contribution >= 4 is 38.3 Å². The predicted octanol–water partition coefficient (Wildman–Crippen LogP) is 4.06. The molecule has 0 radical (unpaired) electrons. The molecule has 1 atom stereocenters. The molecule has 0 saturated carbocycles. The number of nitrogens with zero attached hydrogens (tertiary/aromatic N) is 1. The number of fused-ring (bicyclic) bond motifs is 1. The van der Waals surface area contributed by atoms with E-state index in [0.29, 0.717) is 48.0 Å². The van der Waals surface area contributed by atoms with Crippen molar-refractivity contribution in [1.82, 2.24) is 14.9 Å². The van der Waals surface area contributed by atoms with Gasteiger partial charge in [0.25, 0.3) is 5.91 Å². The van der Waals surface area contributed by atoms with Gasteiger partial charge in [0.2, 0.25) is 15.9 Å². The van der Waals surface area contributed by atoms with Crippen molar-refractivity contribution in [3.63, 3.8) is 0 Å². The summed E-state index contributed by atoms with van der Waals surface area (Å²) in [5.74, 6) is -0.138. The standard InChI is InChI=1S/C30H36N4O4S/c1-20-8-4-5-9-22(20)28(35)32-25-12-13-27(24-11-7-6-10-23(24)25)39(37,38)33-21-14-16-34(17-15-21)29(36)26-18-30(2,3)19-31-26/h4-13,21,26,31,33H,14-19H2,1-3H3,(H,32,35)/t26-/m0/s1. The Hall–Kier alpha value is -3.27. The van der Waals surface area contributed by atoms with Crippen LogP contribution in [0.5, 0.6) is 0 Å². The van der Waals surface area contributed by atoms with Crippen LogP contribution in [-0.2, 0) is 14.8 Å². The number of anilines is 1. The summed E-state index contributed by atoms with van der Waals surface area (Å²) in [6.07, 6.45) is 1.93. The molecule has 3 N–H and O–H groups in total. The molecule has 39 heavy (non-hydrogen) atoms. The van der Waals surface area contributed by atoms with Gasteiger partial charge in [-0.3, -0.25) is 9.59 Å². The highest BCUT2D eigenvalue weighted by Gasteiger charge is 2.38. The van der Waals surface area contributed by atoms with Crippen molar-refractivity contribution < 1.29 is 18.0 Å². The fourth-order valence-corrected chi connectivity index (χ4v) is 7.14. The third-order valence-electron chi connectivity index (χ3n) is 7.82. The number of carbonyl (C=O) groups excluding carboxylic acids is 2. The second kappa shape index (κ2) is 10.7. The smallest absolute Gasteiger partial charge is 0.255 e. The van der Waals surface area contributed by atoms with E-state index in [1.807, 2.05) is 42.2 Å². The van der Waals surface area contributed by atoms with Gasteiger partial charge in [0.05, 0.1) is 10.9 Å². The Morgan fingerprint density at radius 2 is 1.62 bits per heavy atom. The zero-order chi connectivity index (χ0) is 27.8. The number of rotatable bonds is 6. The van der Waals surface area contributed by atoms with Crippen LogP contribution in [0.4, 0.5) is 5.69 Å². The Labute approximate surface area is 230 Å². The number of carbonyl (C=O) groups is 2. The molecule has 5 rings (SSSR count). The first-order valence-corrected chi connectivity index (χ1v) is 15.0. The average Bonchev–Trinajstić information content (AvgIpc) is 3.28. The molecule has 8 nitrogen and oxygen atoms in total. The van der Waals surface area contributed by atoms with Crippen LogP contribution in [0.2, 0.25) is 0 Å². The lowest BCUT2D eigenvalue weighted by Gasteiger charge is -2.34. The Morgan fingerprint density at radius 1 is 0.949 bits per heavy atom. The van der Waals surface area contributed by atoms with Crippen LogP contribution in [0.1, 0.15) is 49.0 Å². The van der Waals surface area contributed by atoms with Gasteiger partial charge < -0.3 is 15.5 Å². The van der Waals surface area contributed by atoms with E-state index in [9.17, 15) is 18.0 Å². The van der Waals surface area contributed by atoms with Crippen LogP contribution < -0.4 is 15.4 Å². The van der Waals surface area contributed by atoms with Crippen LogP contribution >= 0.6 is 0 Å². The Kier molecular flexibility index (Phi) is 7.50. The quantitative estimate of drug-likeness (QED) is 0.431. The van der Waals surface area contributed by atoms with Crippen LogP contribution in [0.25, 0.3) is 10.8 Å². The van der Waals surface area contributed by atoms with Crippen LogP contribution in [0.3, 0.4) is 0 Å². The number of hydrogen-bond acceptors (Lipinski definition) is 5. The van der Waals surface area contributed by atoms with E-state index in [1.54, 1.807) is 30.3 Å². The second-order valence-corrected chi connectivity index (χ2v) is 13.1. The monoisotopic (exact) mass is 548 g/mol. The van der Waals surface area contributed by atoms with Gasteiger partial charge in [0, 0.05) is 47.7 Å². The summed E-state index contributed by atoms with van der Waals surface area (Å²) in [7, 11) is -3.84. The summed E-state index contributed by atoms with van der Waals surface area (Å²) < 4.78 is 29.9. The van der Waals surface area contributed by atoms with Gasteiger partial charge in [0.15, 0.2) is 0 Å². The van der Waals surface area contributed by atoms with Gasteiger partial charge in [-0.25, -0.2) is 13.1 Å². The zero-order valence-corrected chi connectivity index (χ0v) is 23.5. The molecule has 0 aromatic heterocycles. The summed E-state index contributed by atoms with van der Waals surface area (Å²) in [5.41, 5.74) is 2.08. The number of benzene rings is 3. The fraction of sp³-hybridized carbons (Fsp3) is 0.400. The summed E-state index contributed by atoms with van der Waals surface area (Å²) in [4.78, 5) is 27.9. The van der Waals surface area contributed by atoms with Crippen molar-refractivity contribution in [1.29, 1.82) is 0 Å². The van der Waals surface area contributed by atoms with Gasteiger partial charge in [-0.1, -0.05) is 56.3 Å². The third kappa shape index (κ3) is 5.85. The number of nitrogens with one attached hydrogen (secondary N) is 3. The molecule has 0 aliphatic carbocycles. The minimum Gasteiger partial charge on any atom is -0.341 e. The van der Waals surface area contributed by atoms with Crippen molar-refractivity contribution in [3.8, 4) is 0 Å². The minimum absolute atomic E-state index is 0.107. The maximum Gasteiger partial charge on any atom is 0.255 e. The Morgan fingerprint density at radius 3 is 2.28 bits per heavy atom. The van der Waals surface area contributed by atoms with E-state index in [4.69, 9.17) is 0 Å². The maximum atomic E-state index is 13.5. The van der Waals surface area contributed by atoms with Crippen molar-refractivity contribution in [3.05, 3.63) is 71.8 Å². The summed E-state index contributed by atoms with van der Waals surface area (Å²) in [5, 5.41) is 7.47. The molecule has 206 valence electrons. The molecule has 0 unspecified atom stereocenters. The van der Waals surface area contributed by atoms with Crippen molar-refractivity contribution in [2.24, 2.45) is 5.41 Å². The molecule has 2 aliphatic rings. The molecule has 3 aromatic carbocycles. The molecule has 2 amide bonds. The molecule has 2 heterocycles. The van der Waals surface area contributed by atoms with E-state index in [0.717, 1.165) is 18.5 Å². The topological polar surface area (TPSA) is 108 Å². The predicted molar refractivity (Wildman–Crippen MR) is 153 cm³/mol. The van der Waals surface area contributed by atoms with E-state index in [1.165, 1.54) is 0 Å². The van der Waals surface area contributed by atoms with Crippen molar-refractivity contribution in [2.45, 2.75) is 57.0 Å². The number of hydrogen-bond donors (Lipinski definition) is 3. The first-order chi connectivity index (χ1) is 18.5. The number of likely N-dealkylation sites (tertiary alicyclic amines) is 1. The van der Waals surface area contributed by atoms with Gasteiger partial charge in [0.1, 0.15) is 0 Å². The summed E-state index contributed by atoms with van der Waals surface area (Å²) in [6, 6.07) is 17.3. The highest BCUT2D eigenvalue weighted by Crippen LogP contribution is 2.31. The minimum atomic E-state index is -3.84. The molecule has 2 saturated heterocycles. The van der Waals surface area contributed by atoms with Crippen LogP contribution in [-0.4, -0.2) is 56.9 Å². The van der Waals surface area contributed by atoms with Crippen LogP contribution in [0, 0.1) is 12.3 Å². The maximum absolute atomic E-state index is 13.5. The fourth-order valence-electron chi connectivity index (χ4n) is 5.62. The molecular weight excluding hydrogens is 512 g/mol. The van der Waals surface area contributed by atoms with E-state index in [-0.39, 0.29) is 34.2 Å². The number of piperidine rings is 1. The highest BCUT2D eigenvalue weighted by atomic mass is 32.2. The molecule has 9 heteroatoms. The van der Waals surface area contributed by atoms with Gasteiger partial charge in [-0.2, -0.15) is 0 Å². The average molecular weight is 549 g/mol. The molecular formula is C30H36N4O4S. The highest BCUT2D eigenvalue weighted by molar-refractivity contribution is 7.89. The molecule has 0 bridgehead atoms. The number of amides is 2. The summed E-state index contributed by atoms with van der Waals surface area (Å²) >= 11 is 0. The third-order valence-corrected chi connectivity index (χ3v) is 9.40. The normalized spacial score (nSPS) is 19.8. The zero-order valence-electron chi connectivity index (χ0n) is 22.7. The number of aryl methyl sites for hydroxylation is 1. The first-order valence-electron chi connectivity index (χ1n) is 13.5. The SMILES string of the molecule is Cc1ccccc1C(=O)Nc1ccc(S(=O)(=O)NC2CCN(C(=O)[C@@H]3CC(C)(C)CN3)CC2)c2ccccc12. The lowest BCUT2D eigenvalue weighted by Crippen LogP contribution is -2.50. The lowest BCUT2D eigenvalue weighted by atomic mass is 9.90. The van der Waals surface area contributed by atoms with E-state index in [2.05, 4.69) is 29.2 Å². The number of sulfonamides is 1. The van der Waals surface area contributed by atoms with Gasteiger partial charge in [-0.15, -0.1) is 0 Å². The lowest BCUT2D eigenvalue weighted by molar-refractivity contribution is -0.134. The second-order valence-electron chi connectivity index (χ2n) is 11.4. The Balaban J connectivity index is 1.29. The molecule has 2 fully saturated rings. The molecule has 2 aliphatic heterocycles. The van der Waals surface area contributed by atoms with Crippen LogP contribution in [0.15, 0.2) is 65.6 Å². The van der Waals surface area contributed by atoms with Crippen molar-refractivity contribution in [2.75, 3.05) is 25.0 Å². The largest absolute Gasteiger partial charge is 0.341 e. The van der Waals surface area contributed by atoms with E-state index < -0.39 is 10.0 Å². The first kappa shape index (κ1) is 27.3.